The van der Waals surface area contributed by atoms with Crippen LogP contribution >= 0.6 is 0 Å². The number of aryl methyl sites for hydroxylation is 3. The Hall–Kier alpha value is -2.57. The van der Waals surface area contributed by atoms with Gasteiger partial charge in [-0.05, 0) is 39.7 Å². The Morgan fingerprint density at radius 1 is 1.29 bits per heavy atom. The Morgan fingerprint density at radius 3 is 2.58 bits per heavy atom. The number of rotatable bonds is 3. The topological polar surface area (TPSA) is 91.2 Å². The number of nitrogens with zero attached hydrogens (tertiary/aromatic N) is 2. The molecule has 7 heteroatoms. The van der Waals surface area contributed by atoms with E-state index in [2.05, 4.69) is 15.3 Å². The summed E-state index contributed by atoms with van der Waals surface area (Å²) in [7, 11) is 0. The number of aromatic amines is 1. The van der Waals surface area contributed by atoms with Crippen molar-refractivity contribution in [3.63, 3.8) is 0 Å². The maximum atomic E-state index is 12.3. The quantitative estimate of drug-likeness (QED) is 0.893. The second-order valence-corrected chi connectivity index (χ2v) is 6.27. The average molecular weight is 330 g/mol. The molecule has 3 rings (SSSR count). The van der Waals surface area contributed by atoms with Crippen molar-refractivity contribution in [3.05, 3.63) is 45.3 Å². The van der Waals surface area contributed by atoms with Crippen LogP contribution in [0.4, 0.5) is 5.95 Å². The third-order valence-electron chi connectivity index (χ3n) is 4.27. The number of nitrogens with one attached hydrogen (secondary N) is 2. The van der Waals surface area contributed by atoms with E-state index in [0.29, 0.717) is 23.0 Å². The highest BCUT2D eigenvalue weighted by Gasteiger charge is 2.24. The summed E-state index contributed by atoms with van der Waals surface area (Å²) in [4.78, 5) is 33.1. The van der Waals surface area contributed by atoms with Gasteiger partial charge < -0.3 is 14.6 Å². The van der Waals surface area contributed by atoms with E-state index in [0.717, 1.165) is 31.7 Å². The van der Waals surface area contributed by atoms with Crippen molar-refractivity contribution in [1.82, 2.24) is 15.3 Å². The van der Waals surface area contributed by atoms with Gasteiger partial charge in [-0.2, -0.15) is 0 Å². The smallest absolute Gasteiger partial charge is 0.255 e. The minimum absolute atomic E-state index is 0.0927. The van der Waals surface area contributed by atoms with Crippen LogP contribution in [-0.4, -0.2) is 35.0 Å². The van der Waals surface area contributed by atoms with Crippen molar-refractivity contribution in [2.24, 2.45) is 0 Å². The number of carbonyl (C=O) groups is 1. The summed E-state index contributed by atoms with van der Waals surface area (Å²) in [6.07, 6.45) is 1.61. The molecule has 1 fully saturated rings. The first-order valence-corrected chi connectivity index (χ1v) is 8.13. The number of piperidine rings is 1. The van der Waals surface area contributed by atoms with E-state index in [4.69, 9.17) is 4.42 Å². The molecule has 0 saturated carbocycles. The predicted octanol–water partition coefficient (Wildman–Crippen LogP) is 1.69. The highest BCUT2D eigenvalue weighted by molar-refractivity contribution is 5.95. The van der Waals surface area contributed by atoms with Gasteiger partial charge in [-0.3, -0.25) is 14.6 Å². The van der Waals surface area contributed by atoms with Crippen molar-refractivity contribution in [2.75, 3.05) is 18.0 Å². The van der Waals surface area contributed by atoms with Gasteiger partial charge in [0.05, 0.1) is 5.56 Å². The lowest BCUT2D eigenvalue weighted by atomic mass is 10.0. The van der Waals surface area contributed by atoms with Crippen LogP contribution in [0.5, 0.6) is 0 Å². The molecule has 3 heterocycles. The van der Waals surface area contributed by atoms with Crippen molar-refractivity contribution in [3.8, 4) is 0 Å². The normalized spacial score (nSPS) is 15.5. The van der Waals surface area contributed by atoms with Crippen molar-refractivity contribution < 1.29 is 9.21 Å². The van der Waals surface area contributed by atoms with E-state index < -0.39 is 0 Å². The zero-order chi connectivity index (χ0) is 17.3. The van der Waals surface area contributed by atoms with Crippen LogP contribution in [0.1, 0.15) is 40.4 Å². The maximum absolute atomic E-state index is 12.3. The van der Waals surface area contributed by atoms with E-state index in [-0.39, 0.29) is 17.5 Å². The minimum Gasteiger partial charge on any atom is -0.466 e. The van der Waals surface area contributed by atoms with E-state index in [1.54, 1.807) is 19.9 Å². The van der Waals surface area contributed by atoms with Gasteiger partial charge in [0.25, 0.3) is 11.5 Å². The van der Waals surface area contributed by atoms with Gasteiger partial charge in [0.2, 0.25) is 5.95 Å². The molecule has 0 aliphatic carbocycles. The molecule has 1 aliphatic rings. The third kappa shape index (κ3) is 3.50. The number of H-pyrrole nitrogens is 1. The molecule has 0 unspecified atom stereocenters. The number of aromatic nitrogens is 2. The summed E-state index contributed by atoms with van der Waals surface area (Å²) >= 11 is 0. The Bertz CT molecular complexity index is 800. The number of amides is 1. The summed E-state index contributed by atoms with van der Waals surface area (Å²) in [6.45, 7) is 6.91. The van der Waals surface area contributed by atoms with Gasteiger partial charge in [-0.15, -0.1) is 0 Å². The second kappa shape index (κ2) is 6.51. The van der Waals surface area contributed by atoms with Crippen molar-refractivity contribution >= 4 is 11.9 Å². The summed E-state index contributed by atoms with van der Waals surface area (Å²) in [6, 6.07) is 3.35. The van der Waals surface area contributed by atoms with E-state index in [1.165, 1.54) is 6.07 Å². The summed E-state index contributed by atoms with van der Waals surface area (Å²) in [5.74, 6) is 1.89. The van der Waals surface area contributed by atoms with Crippen LogP contribution < -0.4 is 15.8 Å². The van der Waals surface area contributed by atoms with Gasteiger partial charge >= 0.3 is 0 Å². The molecule has 7 nitrogen and oxygen atoms in total. The van der Waals surface area contributed by atoms with Crippen LogP contribution in [0.3, 0.4) is 0 Å². The SMILES string of the molecule is Cc1cc(=O)[nH]c(N2CCC(NC(=O)c3cc(C)oc3C)CC2)n1. The summed E-state index contributed by atoms with van der Waals surface area (Å²) < 4.78 is 5.41. The maximum Gasteiger partial charge on any atom is 0.255 e. The van der Waals surface area contributed by atoms with Gasteiger partial charge in [0, 0.05) is 30.9 Å². The lowest BCUT2D eigenvalue weighted by Crippen LogP contribution is -2.45. The molecule has 2 aromatic heterocycles. The Labute approximate surface area is 140 Å². The zero-order valence-electron chi connectivity index (χ0n) is 14.2. The zero-order valence-corrected chi connectivity index (χ0v) is 14.2. The number of carbonyl (C=O) groups excluding carboxylic acids is 1. The lowest BCUT2D eigenvalue weighted by molar-refractivity contribution is 0.0929. The molecule has 128 valence electrons. The fraction of sp³-hybridized carbons (Fsp3) is 0.471. The molecule has 0 spiro atoms. The molecular weight excluding hydrogens is 308 g/mol. The predicted molar refractivity (Wildman–Crippen MR) is 90.5 cm³/mol. The monoisotopic (exact) mass is 330 g/mol. The van der Waals surface area contributed by atoms with Crippen molar-refractivity contribution in [1.29, 1.82) is 0 Å². The molecule has 1 amide bonds. The molecule has 1 aliphatic heterocycles. The molecule has 0 radical (unpaired) electrons. The Kier molecular flexibility index (Phi) is 4.42. The highest BCUT2D eigenvalue weighted by Crippen LogP contribution is 2.18. The third-order valence-corrected chi connectivity index (χ3v) is 4.27. The van der Waals surface area contributed by atoms with Crippen LogP contribution in [-0.2, 0) is 0 Å². The average Bonchev–Trinajstić information content (AvgIpc) is 2.86. The number of hydrogen-bond acceptors (Lipinski definition) is 5. The van der Waals surface area contributed by atoms with Gasteiger partial charge in [-0.1, -0.05) is 0 Å². The largest absolute Gasteiger partial charge is 0.466 e. The standard InChI is InChI=1S/C17H22N4O3/c1-10-8-15(22)20-17(18-10)21-6-4-13(5-7-21)19-16(23)14-9-11(2)24-12(14)3/h8-9,13H,4-7H2,1-3H3,(H,19,23)(H,18,20,22). The van der Waals surface area contributed by atoms with Gasteiger partial charge in [0.1, 0.15) is 11.5 Å². The van der Waals surface area contributed by atoms with Gasteiger partial charge in [-0.25, -0.2) is 4.98 Å². The molecular formula is C17H22N4O3. The lowest BCUT2D eigenvalue weighted by Gasteiger charge is -2.32. The number of anilines is 1. The van der Waals surface area contributed by atoms with Gasteiger partial charge in [0.15, 0.2) is 0 Å². The van der Waals surface area contributed by atoms with E-state index in [9.17, 15) is 9.59 Å². The Morgan fingerprint density at radius 2 is 2.00 bits per heavy atom. The first-order chi connectivity index (χ1) is 11.4. The first kappa shape index (κ1) is 16.3. The Balaban J connectivity index is 1.60. The number of furan rings is 1. The fourth-order valence-electron chi connectivity index (χ4n) is 3.07. The molecule has 0 bridgehead atoms. The number of hydrogen-bond donors (Lipinski definition) is 2. The molecule has 1 saturated heterocycles. The molecule has 2 N–H and O–H groups in total. The summed E-state index contributed by atoms with van der Waals surface area (Å²) in [5.41, 5.74) is 1.16. The minimum atomic E-state index is -0.140. The molecule has 0 atom stereocenters. The van der Waals surface area contributed by atoms with Crippen LogP contribution in [0.2, 0.25) is 0 Å². The van der Waals surface area contributed by atoms with Crippen LogP contribution in [0.25, 0.3) is 0 Å². The molecule has 2 aromatic rings. The highest BCUT2D eigenvalue weighted by atomic mass is 16.3. The van der Waals surface area contributed by atoms with Crippen molar-refractivity contribution in [2.45, 2.75) is 39.7 Å². The molecule has 0 aromatic carbocycles. The van der Waals surface area contributed by atoms with Crippen LogP contribution in [0.15, 0.2) is 21.3 Å². The van der Waals surface area contributed by atoms with E-state index in [1.807, 2.05) is 11.8 Å². The van der Waals surface area contributed by atoms with Crippen LogP contribution in [0, 0.1) is 20.8 Å². The fourth-order valence-corrected chi connectivity index (χ4v) is 3.07. The summed E-state index contributed by atoms with van der Waals surface area (Å²) in [5, 5.41) is 3.07. The second-order valence-electron chi connectivity index (χ2n) is 6.27. The van der Waals surface area contributed by atoms with E-state index >= 15 is 0 Å². The molecule has 24 heavy (non-hydrogen) atoms. The first-order valence-electron chi connectivity index (χ1n) is 8.13.